The summed E-state index contributed by atoms with van der Waals surface area (Å²) in [7, 11) is 3.43. The van der Waals surface area contributed by atoms with Gasteiger partial charge in [-0.25, -0.2) is 0 Å². The molecule has 0 radical (unpaired) electrons. The maximum atomic E-state index is 9.06. The van der Waals surface area contributed by atoms with Crippen LogP contribution in [0.1, 0.15) is 24.1 Å². The molecule has 3 aromatic rings. The highest BCUT2D eigenvalue weighted by Crippen LogP contribution is 2.27. The highest BCUT2D eigenvalue weighted by Gasteiger charge is 2.20. The van der Waals surface area contributed by atoms with Crippen molar-refractivity contribution in [3.05, 3.63) is 59.8 Å². The molecule has 1 heterocycles. The lowest BCUT2D eigenvalue weighted by Gasteiger charge is -2.19. The fourth-order valence-corrected chi connectivity index (χ4v) is 2.80. The average Bonchev–Trinajstić information content (AvgIpc) is 3.05. The molecular weight excluding hydrogens is 300 g/mol. The van der Waals surface area contributed by atoms with Gasteiger partial charge in [0.15, 0.2) is 0 Å². The van der Waals surface area contributed by atoms with E-state index in [4.69, 9.17) is 10.00 Å². The molecule has 0 aliphatic carbocycles. The fraction of sp³-hybridized carbons (Fsp3) is 0.211. The summed E-state index contributed by atoms with van der Waals surface area (Å²) in [5, 5.41) is 14.6. The third-order valence-corrected chi connectivity index (χ3v) is 4.15. The Kier molecular flexibility index (Phi) is 4.30. The lowest BCUT2D eigenvalue weighted by Crippen LogP contribution is -2.19. The first-order valence-corrected chi connectivity index (χ1v) is 7.62. The van der Waals surface area contributed by atoms with Crippen LogP contribution in [0.15, 0.2) is 53.7 Å². The molecule has 0 spiro atoms. The first-order valence-electron chi connectivity index (χ1n) is 7.62. The topological polar surface area (TPSA) is 63.2 Å². The Morgan fingerprint density at radius 2 is 2.00 bits per heavy atom. The van der Waals surface area contributed by atoms with Crippen molar-refractivity contribution in [1.82, 2.24) is 9.78 Å². The van der Waals surface area contributed by atoms with Crippen molar-refractivity contribution in [3.63, 3.8) is 0 Å². The molecule has 5 nitrogen and oxygen atoms in total. The molecule has 120 valence electrons. The lowest BCUT2D eigenvalue weighted by molar-refractivity contribution is 0.414. The van der Waals surface area contributed by atoms with Crippen molar-refractivity contribution < 1.29 is 4.74 Å². The van der Waals surface area contributed by atoms with Crippen molar-refractivity contribution in [2.75, 3.05) is 14.2 Å². The van der Waals surface area contributed by atoms with Gasteiger partial charge in [0.2, 0.25) is 0 Å². The van der Waals surface area contributed by atoms with Crippen LogP contribution in [0.5, 0.6) is 5.75 Å². The first-order chi connectivity index (χ1) is 11.7. The summed E-state index contributed by atoms with van der Waals surface area (Å²) < 4.78 is 7.18. The molecule has 1 atom stereocenters. The van der Waals surface area contributed by atoms with Crippen molar-refractivity contribution in [2.45, 2.75) is 13.0 Å². The van der Waals surface area contributed by atoms with Crippen LogP contribution in [0.2, 0.25) is 0 Å². The van der Waals surface area contributed by atoms with Crippen molar-refractivity contribution in [2.24, 2.45) is 4.99 Å². The van der Waals surface area contributed by atoms with Crippen molar-refractivity contribution >= 4 is 16.6 Å². The molecule has 0 amide bonds. The average molecular weight is 318 g/mol. The summed E-state index contributed by atoms with van der Waals surface area (Å²) in [5.74, 6) is 0.813. The standard InChI is InChI=1S/C19H18N4O/c1-13(21-2)19(15-5-7-17(24-3)8-6-15)23-18-9-4-14(11-20)10-16(18)12-22-23/h4-10,12,19H,1-3H3/t19-/m0/s1. The van der Waals surface area contributed by atoms with Crippen LogP contribution >= 0.6 is 0 Å². The number of ether oxygens (including phenoxy) is 1. The third kappa shape index (κ3) is 2.74. The molecule has 0 aliphatic rings. The number of fused-ring (bicyclic) bond motifs is 1. The van der Waals surface area contributed by atoms with Gasteiger partial charge in [-0.1, -0.05) is 12.1 Å². The van der Waals surface area contributed by atoms with Gasteiger partial charge in [-0.05, 0) is 42.8 Å². The van der Waals surface area contributed by atoms with Crippen molar-refractivity contribution in [1.29, 1.82) is 5.26 Å². The van der Waals surface area contributed by atoms with E-state index >= 15 is 0 Å². The number of benzene rings is 2. The Morgan fingerprint density at radius 1 is 1.25 bits per heavy atom. The lowest BCUT2D eigenvalue weighted by atomic mass is 10.0. The normalized spacial score (nSPS) is 12.8. The van der Waals surface area contributed by atoms with E-state index in [0.717, 1.165) is 27.9 Å². The van der Waals surface area contributed by atoms with Gasteiger partial charge in [0, 0.05) is 18.1 Å². The summed E-state index contributed by atoms with van der Waals surface area (Å²) in [6.07, 6.45) is 1.79. The minimum atomic E-state index is -0.105. The summed E-state index contributed by atoms with van der Waals surface area (Å²) in [6, 6.07) is 15.6. The van der Waals surface area contributed by atoms with Crippen LogP contribution in [0, 0.1) is 11.3 Å². The van der Waals surface area contributed by atoms with Gasteiger partial charge >= 0.3 is 0 Å². The largest absolute Gasteiger partial charge is 0.497 e. The van der Waals surface area contributed by atoms with Gasteiger partial charge in [-0.3, -0.25) is 9.67 Å². The maximum Gasteiger partial charge on any atom is 0.118 e. The van der Waals surface area contributed by atoms with E-state index in [-0.39, 0.29) is 6.04 Å². The summed E-state index contributed by atoms with van der Waals surface area (Å²) >= 11 is 0. The second kappa shape index (κ2) is 6.55. The molecule has 0 unspecified atom stereocenters. The van der Waals surface area contributed by atoms with Gasteiger partial charge in [0.1, 0.15) is 11.8 Å². The number of rotatable bonds is 4. The van der Waals surface area contributed by atoms with Gasteiger partial charge in [0.05, 0.1) is 30.5 Å². The van der Waals surface area contributed by atoms with E-state index in [1.807, 2.05) is 54.1 Å². The van der Waals surface area contributed by atoms with Crippen LogP contribution in [-0.4, -0.2) is 29.6 Å². The highest BCUT2D eigenvalue weighted by molar-refractivity contribution is 5.91. The predicted octanol–water partition coefficient (Wildman–Crippen LogP) is 3.60. The number of nitriles is 1. The molecule has 24 heavy (non-hydrogen) atoms. The van der Waals surface area contributed by atoms with E-state index in [0.29, 0.717) is 5.56 Å². The third-order valence-electron chi connectivity index (χ3n) is 4.15. The number of nitrogens with zero attached hydrogens (tertiary/aromatic N) is 4. The number of hydrogen-bond acceptors (Lipinski definition) is 4. The molecule has 0 N–H and O–H groups in total. The van der Waals surface area contributed by atoms with Crippen LogP contribution in [0.25, 0.3) is 10.9 Å². The molecule has 3 rings (SSSR count). The minimum absolute atomic E-state index is 0.105. The first kappa shape index (κ1) is 15.8. The molecule has 2 aromatic carbocycles. The van der Waals surface area contributed by atoms with Crippen LogP contribution in [-0.2, 0) is 0 Å². The van der Waals surface area contributed by atoms with Gasteiger partial charge < -0.3 is 4.74 Å². The molecule has 0 bridgehead atoms. The van der Waals surface area contributed by atoms with Crippen molar-refractivity contribution in [3.8, 4) is 11.8 Å². The fourth-order valence-electron chi connectivity index (χ4n) is 2.80. The SMILES string of the molecule is CN=C(C)[C@@H](c1ccc(OC)cc1)n1ncc2cc(C#N)ccc21. The predicted molar refractivity (Wildman–Crippen MR) is 94.6 cm³/mol. The van der Waals surface area contributed by atoms with Gasteiger partial charge in [-0.15, -0.1) is 0 Å². The quantitative estimate of drug-likeness (QED) is 0.690. The Hall–Kier alpha value is -3.13. The van der Waals surface area contributed by atoms with E-state index in [2.05, 4.69) is 16.2 Å². The Balaban J connectivity index is 2.14. The summed E-state index contributed by atoms with van der Waals surface area (Å²) in [5.41, 5.74) is 3.63. The second-order valence-corrected chi connectivity index (χ2v) is 5.52. The summed E-state index contributed by atoms with van der Waals surface area (Å²) in [6.45, 7) is 1.99. The molecule has 1 aromatic heterocycles. The van der Waals surface area contributed by atoms with E-state index in [1.54, 1.807) is 20.4 Å². The van der Waals surface area contributed by atoms with Crippen LogP contribution < -0.4 is 4.74 Å². The number of hydrogen-bond donors (Lipinski definition) is 0. The Labute approximate surface area is 140 Å². The van der Waals surface area contributed by atoms with E-state index in [1.165, 1.54) is 0 Å². The number of methoxy groups -OCH3 is 1. The highest BCUT2D eigenvalue weighted by atomic mass is 16.5. The van der Waals surface area contributed by atoms with Crippen LogP contribution in [0.3, 0.4) is 0 Å². The van der Waals surface area contributed by atoms with Gasteiger partial charge in [-0.2, -0.15) is 10.4 Å². The van der Waals surface area contributed by atoms with Crippen LogP contribution in [0.4, 0.5) is 0 Å². The molecule has 0 aliphatic heterocycles. The number of aromatic nitrogens is 2. The minimum Gasteiger partial charge on any atom is -0.497 e. The monoisotopic (exact) mass is 318 g/mol. The molecular formula is C19H18N4O. The zero-order chi connectivity index (χ0) is 17.1. The van der Waals surface area contributed by atoms with E-state index < -0.39 is 0 Å². The smallest absolute Gasteiger partial charge is 0.118 e. The van der Waals surface area contributed by atoms with E-state index in [9.17, 15) is 0 Å². The molecule has 0 saturated heterocycles. The molecule has 5 heteroatoms. The molecule has 0 saturated carbocycles. The second-order valence-electron chi connectivity index (χ2n) is 5.52. The maximum absolute atomic E-state index is 9.06. The number of aliphatic imine (C=N–C) groups is 1. The zero-order valence-corrected chi connectivity index (χ0v) is 13.9. The molecule has 0 fully saturated rings. The Morgan fingerprint density at radius 3 is 2.62 bits per heavy atom. The zero-order valence-electron chi connectivity index (χ0n) is 13.9. The van der Waals surface area contributed by atoms with Gasteiger partial charge in [0.25, 0.3) is 0 Å². The Bertz CT molecular complexity index is 932. The summed E-state index contributed by atoms with van der Waals surface area (Å²) in [4.78, 5) is 4.38.